The van der Waals surface area contributed by atoms with Crippen molar-refractivity contribution in [2.75, 3.05) is 5.48 Å². The summed E-state index contributed by atoms with van der Waals surface area (Å²) in [5.41, 5.74) is 2.18. The fourth-order valence-corrected chi connectivity index (χ4v) is 0.581. The standard InChI is InChI=1S/C7H9NO/c1-6-4-2-3-5-7(6)8-9/h2-5,8-9H,1H3/i1D3. The van der Waals surface area contributed by atoms with Crippen LogP contribution in [0.1, 0.15) is 9.68 Å². The van der Waals surface area contributed by atoms with Crippen LogP contribution in [0.5, 0.6) is 0 Å². The first-order valence-electron chi connectivity index (χ1n) is 4.05. The van der Waals surface area contributed by atoms with E-state index in [0.29, 0.717) is 0 Å². The Hall–Kier alpha value is -1.02. The highest BCUT2D eigenvalue weighted by atomic mass is 16.5. The molecule has 9 heavy (non-hydrogen) atoms. The summed E-state index contributed by atoms with van der Waals surface area (Å²) in [5.74, 6) is 0. The number of hydrogen-bond acceptors (Lipinski definition) is 2. The lowest BCUT2D eigenvalue weighted by molar-refractivity contribution is 0.388. The molecule has 0 aliphatic carbocycles. The van der Waals surface area contributed by atoms with Crippen molar-refractivity contribution in [3.05, 3.63) is 29.8 Å². The van der Waals surface area contributed by atoms with Crippen LogP contribution in [0.15, 0.2) is 24.3 Å². The largest absolute Gasteiger partial charge is 0.291 e. The summed E-state index contributed by atoms with van der Waals surface area (Å²) >= 11 is 0. The summed E-state index contributed by atoms with van der Waals surface area (Å²) in [7, 11) is 0. The number of nitrogens with one attached hydrogen (secondary N) is 1. The third kappa shape index (κ3) is 1.21. The van der Waals surface area contributed by atoms with Crippen molar-refractivity contribution >= 4 is 5.69 Å². The van der Waals surface area contributed by atoms with E-state index in [9.17, 15) is 0 Å². The van der Waals surface area contributed by atoms with Crippen LogP contribution < -0.4 is 5.48 Å². The molecule has 0 heterocycles. The lowest BCUT2D eigenvalue weighted by Crippen LogP contribution is -1.90. The summed E-state index contributed by atoms with van der Waals surface area (Å²) in [6.07, 6.45) is 0. The second kappa shape index (κ2) is 2.51. The van der Waals surface area contributed by atoms with Gasteiger partial charge in [0.25, 0.3) is 0 Å². The van der Waals surface area contributed by atoms with E-state index in [-0.39, 0.29) is 11.3 Å². The number of rotatable bonds is 1. The number of benzene rings is 1. The predicted molar refractivity (Wildman–Crippen MR) is 36.6 cm³/mol. The van der Waals surface area contributed by atoms with E-state index in [1.807, 2.05) is 5.48 Å². The van der Waals surface area contributed by atoms with Gasteiger partial charge in [-0.1, -0.05) is 18.2 Å². The SMILES string of the molecule is [2H]C([2H])([2H])c1ccccc1NO. The van der Waals surface area contributed by atoms with E-state index < -0.39 is 6.85 Å². The number of aryl methyl sites for hydroxylation is 1. The molecule has 2 nitrogen and oxygen atoms in total. The Morgan fingerprint density at radius 1 is 1.56 bits per heavy atom. The lowest BCUT2D eigenvalue weighted by Gasteiger charge is -1.99. The minimum absolute atomic E-state index is 0.118. The van der Waals surface area contributed by atoms with Crippen LogP contribution in [0.2, 0.25) is 0 Å². The summed E-state index contributed by atoms with van der Waals surface area (Å²) < 4.78 is 21.3. The zero-order valence-electron chi connectivity index (χ0n) is 7.76. The van der Waals surface area contributed by atoms with Crippen molar-refractivity contribution in [2.24, 2.45) is 0 Å². The molecule has 0 aliphatic rings. The topological polar surface area (TPSA) is 32.3 Å². The fourth-order valence-electron chi connectivity index (χ4n) is 0.581. The van der Waals surface area contributed by atoms with Gasteiger partial charge in [0.05, 0.1) is 5.69 Å². The van der Waals surface area contributed by atoms with Crippen molar-refractivity contribution in [1.82, 2.24) is 0 Å². The highest BCUT2D eigenvalue weighted by Crippen LogP contribution is 2.10. The molecule has 1 rings (SSSR count). The fraction of sp³-hybridized carbons (Fsp3) is 0.143. The van der Waals surface area contributed by atoms with Gasteiger partial charge in [-0.3, -0.25) is 10.7 Å². The second-order valence-corrected chi connectivity index (χ2v) is 1.66. The molecule has 0 aliphatic heterocycles. The summed E-state index contributed by atoms with van der Waals surface area (Å²) in [4.78, 5) is 0. The zero-order chi connectivity index (χ0) is 9.19. The molecule has 0 amide bonds. The van der Waals surface area contributed by atoms with Gasteiger partial charge in [0.15, 0.2) is 0 Å². The van der Waals surface area contributed by atoms with Crippen molar-refractivity contribution in [3.63, 3.8) is 0 Å². The Balaban J connectivity index is 3.14. The molecular weight excluding hydrogens is 114 g/mol. The van der Waals surface area contributed by atoms with Gasteiger partial charge in [-0.15, -0.1) is 0 Å². The van der Waals surface area contributed by atoms with Crippen LogP contribution >= 0.6 is 0 Å². The van der Waals surface area contributed by atoms with Crippen LogP contribution in [-0.4, -0.2) is 5.21 Å². The highest BCUT2D eigenvalue weighted by Gasteiger charge is 1.89. The van der Waals surface area contributed by atoms with Gasteiger partial charge in [-0.2, -0.15) is 0 Å². The van der Waals surface area contributed by atoms with Crippen LogP contribution in [0.25, 0.3) is 0 Å². The molecule has 0 aromatic heterocycles. The van der Waals surface area contributed by atoms with Crippen LogP contribution in [0.3, 0.4) is 0 Å². The van der Waals surface area contributed by atoms with Gasteiger partial charge in [0, 0.05) is 4.11 Å². The van der Waals surface area contributed by atoms with Gasteiger partial charge < -0.3 is 0 Å². The van der Waals surface area contributed by atoms with E-state index in [4.69, 9.17) is 9.32 Å². The van der Waals surface area contributed by atoms with Crippen LogP contribution in [0, 0.1) is 6.85 Å². The van der Waals surface area contributed by atoms with E-state index in [1.165, 1.54) is 12.1 Å². The monoisotopic (exact) mass is 126 g/mol. The molecule has 0 spiro atoms. The Labute approximate surface area is 58.3 Å². The predicted octanol–water partition coefficient (Wildman–Crippen LogP) is 1.80. The first-order valence-corrected chi connectivity index (χ1v) is 2.55. The van der Waals surface area contributed by atoms with Gasteiger partial charge in [-0.25, -0.2) is 0 Å². The lowest BCUT2D eigenvalue weighted by atomic mass is 10.2. The maximum absolute atomic E-state index is 8.58. The zero-order valence-corrected chi connectivity index (χ0v) is 4.76. The minimum Gasteiger partial charge on any atom is -0.291 e. The number of para-hydroxylation sites is 1. The molecule has 0 unspecified atom stereocenters. The first kappa shape index (κ1) is 3.22. The molecular formula is C7H9NO. The van der Waals surface area contributed by atoms with Crippen LogP contribution in [0.4, 0.5) is 5.69 Å². The Bertz CT molecular complexity index is 272. The molecule has 48 valence electrons. The second-order valence-electron chi connectivity index (χ2n) is 1.66. The number of anilines is 1. The van der Waals surface area contributed by atoms with Crippen molar-refractivity contribution in [1.29, 1.82) is 0 Å². The molecule has 0 saturated heterocycles. The van der Waals surface area contributed by atoms with Crippen molar-refractivity contribution < 1.29 is 9.32 Å². The van der Waals surface area contributed by atoms with Gasteiger partial charge in [0.1, 0.15) is 0 Å². The average molecular weight is 126 g/mol. The minimum atomic E-state index is -2.19. The maximum atomic E-state index is 8.58. The van der Waals surface area contributed by atoms with E-state index in [0.717, 1.165) is 0 Å². The first-order chi connectivity index (χ1) is 5.55. The molecule has 1 aromatic carbocycles. The van der Waals surface area contributed by atoms with Gasteiger partial charge >= 0.3 is 0 Å². The molecule has 0 radical (unpaired) electrons. The van der Waals surface area contributed by atoms with Crippen molar-refractivity contribution in [2.45, 2.75) is 6.85 Å². The number of hydrogen-bond donors (Lipinski definition) is 2. The highest BCUT2D eigenvalue weighted by molar-refractivity contribution is 5.47. The average Bonchev–Trinajstić information content (AvgIpc) is 2.03. The maximum Gasteiger partial charge on any atom is 0.0631 e. The Morgan fingerprint density at radius 3 is 2.89 bits per heavy atom. The van der Waals surface area contributed by atoms with E-state index in [2.05, 4.69) is 0 Å². The van der Waals surface area contributed by atoms with E-state index >= 15 is 0 Å². The molecule has 0 saturated carbocycles. The van der Waals surface area contributed by atoms with Gasteiger partial charge in [0.2, 0.25) is 0 Å². The molecule has 0 atom stereocenters. The van der Waals surface area contributed by atoms with Gasteiger partial charge in [-0.05, 0) is 18.5 Å². The normalized spacial score (nSPS) is 15.4. The molecule has 2 heteroatoms. The summed E-state index contributed by atoms with van der Waals surface area (Å²) in [6, 6.07) is 6.21. The Kier molecular flexibility index (Phi) is 0.898. The smallest absolute Gasteiger partial charge is 0.0631 e. The van der Waals surface area contributed by atoms with Crippen LogP contribution in [-0.2, 0) is 0 Å². The van der Waals surface area contributed by atoms with Crippen molar-refractivity contribution in [3.8, 4) is 0 Å². The Morgan fingerprint density at radius 2 is 2.33 bits per heavy atom. The third-order valence-electron chi connectivity index (χ3n) is 1.05. The molecule has 1 aromatic rings. The molecule has 2 N–H and O–H groups in total. The van der Waals surface area contributed by atoms with E-state index in [1.54, 1.807) is 12.1 Å². The summed E-state index contributed by atoms with van der Waals surface area (Å²) in [6.45, 7) is -2.19. The summed E-state index contributed by atoms with van der Waals surface area (Å²) in [5, 5.41) is 8.58. The third-order valence-corrected chi connectivity index (χ3v) is 1.05. The molecule has 0 bridgehead atoms. The molecule has 0 fully saturated rings. The quantitative estimate of drug-likeness (QED) is 0.562.